The van der Waals surface area contributed by atoms with E-state index in [0.29, 0.717) is 0 Å². The van der Waals surface area contributed by atoms with Crippen LogP contribution in [-0.4, -0.2) is 28.9 Å². The third-order valence-corrected chi connectivity index (χ3v) is 3.54. The number of aliphatic carboxylic acids is 1. The molecule has 0 bridgehead atoms. The summed E-state index contributed by atoms with van der Waals surface area (Å²) in [6.07, 6.45) is -0.617. The van der Waals surface area contributed by atoms with Gasteiger partial charge in [0.05, 0.1) is 18.4 Å². The summed E-state index contributed by atoms with van der Waals surface area (Å²) in [5, 5.41) is 9.18. The highest BCUT2D eigenvalue weighted by molar-refractivity contribution is 5.89. The van der Waals surface area contributed by atoms with E-state index in [0.717, 1.165) is 5.56 Å². The van der Waals surface area contributed by atoms with Gasteiger partial charge < -0.3 is 15.6 Å². The van der Waals surface area contributed by atoms with E-state index in [4.69, 9.17) is 10.5 Å². The van der Waals surface area contributed by atoms with Gasteiger partial charge in [0.25, 0.3) is 0 Å². The van der Waals surface area contributed by atoms with E-state index >= 15 is 0 Å². The zero-order chi connectivity index (χ0) is 17.4. The summed E-state index contributed by atoms with van der Waals surface area (Å²) in [4.78, 5) is 34.9. The SMILES string of the molecule is CC(C)[C@H](N)C(=O)C[C@@H](CC(=O)OCc1ccccc1)C(=O)O. The summed E-state index contributed by atoms with van der Waals surface area (Å²) < 4.78 is 5.05. The summed E-state index contributed by atoms with van der Waals surface area (Å²) in [7, 11) is 0. The molecule has 0 aliphatic heterocycles. The Morgan fingerprint density at radius 2 is 1.74 bits per heavy atom. The zero-order valence-corrected chi connectivity index (χ0v) is 13.4. The number of ether oxygens (including phenoxy) is 1. The van der Waals surface area contributed by atoms with Gasteiger partial charge in [-0.2, -0.15) is 0 Å². The van der Waals surface area contributed by atoms with Crippen molar-refractivity contribution in [3.63, 3.8) is 0 Å². The lowest BCUT2D eigenvalue weighted by Gasteiger charge is -2.17. The average molecular weight is 321 g/mol. The van der Waals surface area contributed by atoms with E-state index in [1.807, 2.05) is 18.2 Å². The minimum atomic E-state index is -1.20. The van der Waals surface area contributed by atoms with E-state index in [1.54, 1.807) is 26.0 Å². The molecule has 2 atom stereocenters. The Labute approximate surface area is 135 Å². The van der Waals surface area contributed by atoms with Gasteiger partial charge in [0, 0.05) is 6.42 Å². The van der Waals surface area contributed by atoms with Gasteiger partial charge in [-0.15, -0.1) is 0 Å². The number of hydrogen-bond acceptors (Lipinski definition) is 5. The van der Waals surface area contributed by atoms with Crippen LogP contribution in [0.2, 0.25) is 0 Å². The summed E-state index contributed by atoms with van der Waals surface area (Å²) in [6, 6.07) is 8.34. The third kappa shape index (κ3) is 6.61. The second-order valence-corrected chi connectivity index (χ2v) is 5.83. The van der Waals surface area contributed by atoms with Crippen LogP contribution in [0, 0.1) is 11.8 Å². The smallest absolute Gasteiger partial charge is 0.307 e. The number of carbonyl (C=O) groups is 3. The lowest BCUT2D eigenvalue weighted by atomic mass is 9.91. The van der Waals surface area contributed by atoms with Crippen LogP contribution in [0.3, 0.4) is 0 Å². The van der Waals surface area contributed by atoms with Crippen LogP contribution in [0.4, 0.5) is 0 Å². The average Bonchev–Trinajstić information content (AvgIpc) is 2.52. The fraction of sp³-hybridized carbons (Fsp3) is 0.471. The molecule has 6 heteroatoms. The quantitative estimate of drug-likeness (QED) is 0.671. The number of Topliss-reactive ketones (excluding diaryl/α,β-unsaturated/α-hetero) is 1. The minimum Gasteiger partial charge on any atom is -0.481 e. The second kappa shape index (κ2) is 9.05. The molecular weight excluding hydrogens is 298 g/mol. The summed E-state index contributed by atoms with van der Waals surface area (Å²) >= 11 is 0. The molecule has 126 valence electrons. The highest BCUT2D eigenvalue weighted by Gasteiger charge is 2.28. The predicted octanol–water partition coefficient (Wildman–Crippen LogP) is 1.76. The molecule has 0 heterocycles. The number of ketones is 1. The largest absolute Gasteiger partial charge is 0.481 e. The van der Waals surface area contributed by atoms with Crippen molar-refractivity contribution in [3.8, 4) is 0 Å². The molecule has 0 fully saturated rings. The maximum Gasteiger partial charge on any atom is 0.307 e. The van der Waals surface area contributed by atoms with E-state index < -0.39 is 23.9 Å². The molecule has 0 aromatic heterocycles. The molecule has 0 aliphatic rings. The first kappa shape index (κ1) is 18.8. The first-order chi connectivity index (χ1) is 10.8. The molecule has 0 amide bonds. The topological polar surface area (TPSA) is 107 Å². The number of carboxylic acids is 1. The highest BCUT2D eigenvalue weighted by atomic mass is 16.5. The summed E-state index contributed by atoms with van der Waals surface area (Å²) in [5.41, 5.74) is 6.53. The van der Waals surface area contributed by atoms with E-state index in [-0.39, 0.29) is 31.1 Å². The first-order valence-electron chi connectivity index (χ1n) is 7.52. The van der Waals surface area contributed by atoms with Crippen molar-refractivity contribution in [2.75, 3.05) is 0 Å². The number of esters is 1. The Hall–Kier alpha value is -2.21. The lowest BCUT2D eigenvalue weighted by Crippen LogP contribution is -2.37. The Morgan fingerprint density at radius 3 is 2.26 bits per heavy atom. The van der Waals surface area contributed by atoms with E-state index in [1.165, 1.54) is 0 Å². The molecule has 0 saturated heterocycles. The molecule has 0 saturated carbocycles. The van der Waals surface area contributed by atoms with E-state index in [2.05, 4.69) is 0 Å². The number of nitrogens with two attached hydrogens (primary N) is 1. The van der Waals surface area contributed by atoms with Gasteiger partial charge in [0.2, 0.25) is 0 Å². The molecule has 1 rings (SSSR count). The monoisotopic (exact) mass is 321 g/mol. The fourth-order valence-electron chi connectivity index (χ4n) is 2.00. The number of carbonyl (C=O) groups excluding carboxylic acids is 2. The van der Waals surface area contributed by atoms with Crippen molar-refractivity contribution in [3.05, 3.63) is 35.9 Å². The number of carboxylic acid groups (broad SMARTS) is 1. The van der Waals surface area contributed by atoms with Gasteiger partial charge >= 0.3 is 11.9 Å². The van der Waals surface area contributed by atoms with Crippen molar-refractivity contribution in [1.82, 2.24) is 0 Å². The van der Waals surface area contributed by atoms with Crippen LogP contribution in [0.5, 0.6) is 0 Å². The Morgan fingerprint density at radius 1 is 1.13 bits per heavy atom. The molecule has 0 aliphatic carbocycles. The van der Waals surface area contributed by atoms with Crippen LogP contribution in [0.25, 0.3) is 0 Å². The summed E-state index contributed by atoms with van der Waals surface area (Å²) in [6.45, 7) is 3.64. The van der Waals surface area contributed by atoms with Gasteiger partial charge in [-0.25, -0.2) is 0 Å². The van der Waals surface area contributed by atoms with Gasteiger partial charge in [0.15, 0.2) is 5.78 Å². The van der Waals surface area contributed by atoms with Gasteiger partial charge in [-0.3, -0.25) is 14.4 Å². The standard InChI is InChI=1S/C17H23NO5/c1-11(2)16(18)14(19)8-13(17(21)22)9-15(20)23-10-12-6-4-3-5-7-12/h3-7,11,13,16H,8-10,18H2,1-2H3,(H,21,22)/t13-,16-/m0/s1. The van der Waals surface area contributed by atoms with Crippen molar-refractivity contribution >= 4 is 17.7 Å². The molecule has 3 N–H and O–H groups in total. The number of rotatable bonds is 9. The molecular formula is C17H23NO5. The van der Waals surface area contributed by atoms with Crippen LogP contribution in [0.15, 0.2) is 30.3 Å². The van der Waals surface area contributed by atoms with Gasteiger partial charge in [-0.1, -0.05) is 44.2 Å². The Balaban J connectivity index is 2.53. The van der Waals surface area contributed by atoms with Gasteiger partial charge in [0.1, 0.15) is 6.61 Å². The lowest BCUT2D eigenvalue weighted by molar-refractivity contribution is -0.153. The maximum absolute atomic E-state index is 11.9. The van der Waals surface area contributed by atoms with Crippen molar-refractivity contribution in [1.29, 1.82) is 0 Å². The maximum atomic E-state index is 11.9. The first-order valence-corrected chi connectivity index (χ1v) is 7.52. The molecule has 0 spiro atoms. The van der Waals surface area contributed by atoms with Crippen LogP contribution in [0.1, 0.15) is 32.3 Å². The van der Waals surface area contributed by atoms with Crippen molar-refractivity contribution in [2.45, 2.75) is 39.3 Å². The van der Waals surface area contributed by atoms with Crippen LogP contribution in [-0.2, 0) is 25.7 Å². The molecule has 0 radical (unpaired) electrons. The van der Waals surface area contributed by atoms with Crippen LogP contribution >= 0.6 is 0 Å². The Kier molecular flexibility index (Phi) is 7.41. The molecule has 23 heavy (non-hydrogen) atoms. The zero-order valence-electron chi connectivity index (χ0n) is 13.4. The molecule has 6 nitrogen and oxygen atoms in total. The van der Waals surface area contributed by atoms with Crippen molar-refractivity contribution < 1.29 is 24.2 Å². The van der Waals surface area contributed by atoms with Crippen LogP contribution < -0.4 is 5.73 Å². The highest BCUT2D eigenvalue weighted by Crippen LogP contribution is 2.15. The summed E-state index contributed by atoms with van der Waals surface area (Å²) in [5.74, 6) is -3.40. The molecule has 1 aromatic rings. The number of hydrogen-bond donors (Lipinski definition) is 2. The normalized spacial score (nSPS) is 13.4. The minimum absolute atomic E-state index is 0.0749. The fourth-order valence-corrected chi connectivity index (χ4v) is 2.00. The van der Waals surface area contributed by atoms with Gasteiger partial charge in [-0.05, 0) is 11.5 Å². The molecule has 1 aromatic carbocycles. The Bertz CT molecular complexity index is 541. The van der Waals surface area contributed by atoms with Crippen molar-refractivity contribution in [2.24, 2.45) is 17.6 Å². The number of benzene rings is 1. The second-order valence-electron chi connectivity index (χ2n) is 5.83. The third-order valence-electron chi connectivity index (χ3n) is 3.54. The molecule has 0 unspecified atom stereocenters. The predicted molar refractivity (Wildman–Crippen MR) is 84.4 cm³/mol. The van der Waals surface area contributed by atoms with E-state index in [9.17, 15) is 19.5 Å².